The maximum Gasteiger partial charge on any atom is 0.417 e. The van der Waals surface area contributed by atoms with E-state index in [1.807, 2.05) is 0 Å². The molecule has 0 N–H and O–H groups in total. The summed E-state index contributed by atoms with van der Waals surface area (Å²) in [5.41, 5.74) is -0.151. The summed E-state index contributed by atoms with van der Waals surface area (Å²) in [5.74, 6) is 0.355. The summed E-state index contributed by atoms with van der Waals surface area (Å²) in [6.07, 6.45) is -4.59. The second-order valence-corrected chi connectivity index (χ2v) is 5.19. The predicted molar refractivity (Wildman–Crippen MR) is 79.1 cm³/mol. The highest BCUT2D eigenvalue weighted by atomic mass is 19.4. The third kappa shape index (κ3) is 2.16. The second-order valence-electron chi connectivity index (χ2n) is 5.19. The Balaban J connectivity index is 2.15. The minimum atomic E-state index is -4.59. The van der Waals surface area contributed by atoms with Gasteiger partial charge >= 0.3 is 6.18 Å². The number of aryl methyl sites for hydroxylation is 1. The molecule has 0 saturated heterocycles. The molecule has 0 aliphatic heterocycles. The maximum absolute atomic E-state index is 13.6. The first-order chi connectivity index (χ1) is 11.4. The SMILES string of the molecule is Cc1nc2nc(-c3ccccc3)cc(C(F)(F)F)c2c2nnnn12. The average molecular weight is 330 g/mol. The molecule has 3 heterocycles. The third-order valence-electron chi connectivity index (χ3n) is 3.64. The quantitative estimate of drug-likeness (QED) is 0.536. The molecule has 24 heavy (non-hydrogen) atoms. The van der Waals surface area contributed by atoms with Crippen molar-refractivity contribution in [3.05, 3.63) is 47.8 Å². The van der Waals surface area contributed by atoms with E-state index in [1.165, 1.54) is 4.52 Å². The van der Waals surface area contributed by atoms with Crippen molar-refractivity contribution >= 4 is 16.7 Å². The van der Waals surface area contributed by atoms with Gasteiger partial charge in [0.15, 0.2) is 11.3 Å². The van der Waals surface area contributed by atoms with Crippen LogP contribution in [0.2, 0.25) is 0 Å². The molecule has 1 aromatic carbocycles. The highest BCUT2D eigenvalue weighted by molar-refractivity contribution is 5.93. The molecule has 3 aromatic heterocycles. The Morgan fingerprint density at radius 3 is 2.50 bits per heavy atom. The van der Waals surface area contributed by atoms with Crippen molar-refractivity contribution in [3.63, 3.8) is 0 Å². The lowest BCUT2D eigenvalue weighted by molar-refractivity contribution is -0.136. The molecule has 6 nitrogen and oxygen atoms in total. The molecule has 0 spiro atoms. The highest BCUT2D eigenvalue weighted by Crippen LogP contribution is 2.37. The van der Waals surface area contributed by atoms with Gasteiger partial charge in [-0.05, 0) is 23.4 Å². The number of pyridine rings is 1. The lowest BCUT2D eigenvalue weighted by atomic mass is 10.1. The first-order valence-corrected chi connectivity index (χ1v) is 6.97. The van der Waals surface area contributed by atoms with Crippen molar-refractivity contribution < 1.29 is 13.2 Å². The monoisotopic (exact) mass is 330 g/mol. The molecule has 4 rings (SSSR count). The van der Waals surface area contributed by atoms with Gasteiger partial charge in [-0.3, -0.25) is 0 Å². The number of alkyl halides is 3. The van der Waals surface area contributed by atoms with Gasteiger partial charge in [0, 0.05) is 5.56 Å². The van der Waals surface area contributed by atoms with Crippen LogP contribution in [-0.2, 0) is 6.18 Å². The van der Waals surface area contributed by atoms with Crippen LogP contribution in [0.3, 0.4) is 0 Å². The number of hydrogen-bond donors (Lipinski definition) is 0. The van der Waals surface area contributed by atoms with Crippen molar-refractivity contribution in [2.45, 2.75) is 13.1 Å². The topological polar surface area (TPSA) is 68.9 Å². The maximum atomic E-state index is 13.6. The van der Waals surface area contributed by atoms with E-state index in [1.54, 1.807) is 37.3 Å². The Bertz CT molecular complexity index is 1060. The first kappa shape index (κ1) is 14.5. The number of rotatable bonds is 1. The van der Waals surface area contributed by atoms with Crippen molar-refractivity contribution in [1.82, 2.24) is 30.0 Å². The van der Waals surface area contributed by atoms with E-state index in [4.69, 9.17) is 0 Å². The van der Waals surface area contributed by atoms with Gasteiger partial charge in [-0.15, -0.1) is 5.10 Å². The number of fused-ring (bicyclic) bond motifs is 3. The molecule has 0 aliphatic carbocycles. The first-order valence-electron chi connectivity index (χ1n) is 6.97. The highest BCUT2D eigenvalue weighted by Gasteiger charge is 2.35. The summed E-state index contributed by atoms with van der Waals surface area (Å²) in [4.78, 5) is 8.44. The van der Waals surface area contributed by atoms with Gasteiger partial charge in [0.2, 0.25) is 0 Å². The summed E-state index contributed by atoms with van der Waals surface area (Å²) in [5, 5.41) is 10.6. The van der Waals surface area contributed by atoms with Crippen LogP contribution in [0.5, 0.6) is 0 Å². The Morgan fingerprint density at radius 2 is 1.79 bits per heavy atom. The number of tetrazole rings is 1. The fourth-order valence-corrected chi connectivity index (χ4v) is 2.57. The molecule has 0 unspecified atom stereocenters. The van der Waals surface area contributed by atoms with Gasteiger partial charge < -0.3 is 0 Å². The minimum absolute atomic E-state index is 0.0167. The van der Waals surface area contributed by atoms with Gasteiger partial charge in [-0.1, -0.05) is 30.3 Å². The number of benzene rings is 1. The van der Waals surface area contributed by atoms with Crippen molar-refractivity contribution in [2.24, 2.45) is 0 Å². The zero-order chi connectivity index (χ0) is 16.9. The van der Waals surface area contributed by atoms with E-state index in [0.29, 0.717) is 11.4 Å². The Kier molecular flexibility index (Phi) is 2.99. The predicted octanol–water partition coefficient (Wildman–Crippen LogP) is 3.06. The van der Waals surface area contributed by atoms with Crippen LogP contribution >= 0.6 is 0 Å². The lowest BCUT2D eigenvalue weighted by Crippen LogP contribution is -2.10. The number of hydrogen-bond acceptors (Lipinski definition) is 5. The molecule has 0 atom stereocenters. The summed E-state index contributed by atoms with van der Waals surface area (Å²) >= 11 is 0. The third-order valence-corrected chi connectivity index (χ3v) is 3.64. The van der Waals surface area contributed by atoms with Gasteiger partial charge in [0.1, 0.15) is 5.82 Å². The lowest BCUT2D eigenvalue weighted by Gasteiger charge is -2.13. The van der Waals surface area contributed by atoms with E-state index in [2.05, 4.69) is 25.5 Å². The molecule has 0 fully saturated rings. The van der Waals surface area contributed by atoms with Crippen LogP contribution in [0.25, 0.3) is 27.9 Å². The van der Waals surface area contributed by atoms with E-state index >= 15 is 0 Å². The van der Waals surface area contributed by atoms with Crippen molar-refractivity contribution in [3.8, 4) is 11.3 Å². The Labute approximate surface area is 133 Å². The molecular formula is C15H9F3N6. The molecule has 0 amide bonds. The molecule has 0 saturated carbocycles. The molecule has 0 radical (unpaired) electrons. The average Bonchev–Trinajstić information content (AvgIpc) is 3.04. The second kappa shape index (κ2) is 4.95. The normalized spacial score (nSPS) is 12.2. The van der Waals surface area contributed by atoms with Crippen LogP contribution in [0.4, 0.5) is 13.2 Å². The zero-order valence-corrected chi connectivity index (χ0v) is 12.3. The van der Waals surface area contributed by atoms with Crippen LogP contribution in [0.15, 0.2) is 36.4 Å². The molecular weight excluding hydrogens is 321 g/mol. The smallest absolute Gasteiger partial charge is 0.228 e. The van der Waals surface area contributed by atoms with E-state index in [-0.39, 0.29) is 22.4 Å². The number of aromatic nitrogens is 6. The fourth-order valence-electron chi connectivity index (χ4n) is 2.57. The molecule has 0 aliphatic rings. The largest absolute Gasteiger partial charge is 0.417 e. The molecule has 9 heteroatoms. The van der Waals surface area contributed by atoms with Gasteiger partial charge in [0.25, 0.3) is 0 Å². The zero-order valence-electron chi connectivity index (χ0n) is 12.3. The summed E-state index contributed by atoms with van der Waals surface area (Å²) < 4.78 is 42.0. The summed E-state index contributed by atoms with van der Waals surface area (Å²) in [6.45, 7) is 1.60. The van der Waals surface area contributed by atoms with E-state index in [9.17, 15) is 13.2 Å². The number of nitrogens with zero attached hydrogens (tertiary/aromatic N) is 6. The van der Waals surface area contributed by atoms with Gasteiger partial charge in [-0.25, -0.2) is 9.97 Å². The Morgan fingerprint density at radius 1 is 1.04 bits per heavy atom. The number of halogens is 3. The Hall–Kier alpha value is -3.10. The van der Waals surface area contributed by atoms with Crippen molar-refractivity contribution in [2.75, 3.05) is 0 Å². The fraction of sp³-hybridized carbons (Fsp3) is 0.133. The van der Waals surface area contributed by atoms with Crippen LogP contribution in [-0.4, -0.2) is 30.0 Å². The van der Waals surface area contributed by atoms with Crippen LogP contribution < -0.4 is 0 Å². The van der Waals surface area contributed by atoms with Crippen LogP contribution in [0.1, 0.15) is 11.4 Å². The minimum Gasteiger partial charge on any atom is -0.228 e. The van der Waals surface area contributed by atoms with E-state index in [0.717, 1.165) is 6.07 Å². The molecule has 0 bridgehead atoms. The van der Waals surface area contributed by atoms with Gasteiger partial charge in [-0.2, -0.15) is 17.7 Å². The summed E-state index contributed by atoms with van der Waals surface area (Å²) in [6, 6.07) is 9.64. The van der Waals surface area contributed by atoms with Crippen molar-refractivity contribution in [1.29, 1.82) is 0 Å². The van der Waals surface area contributed by atoms with Crippen LogP contribution in [0, 0.1) is 6.92 Å². The van der Waals surface area contributed by atoms with Gasteiger partial charge in [0.05, 0.1) is 16.6 Å². The standard InChI is InChI=1S/C15H9F3N6/c1-8-19-13-12(14-21-22-23-24(8)14)10(15(16,17)18)7-11(20-13)9-5-3-2-4-6-9/h2-7H,1H3. The van der Waals surface area contributed by atoms with E-state index < -0.39 is 11.7 Å². The molecule has 4 aromatic rings. The molecule has 120 valence electrons. The summed E-state index contributed by atoms with van der Waals surface area (Å²) in [7, 11) is 0.